The minimum absolute atomic E-state index is 0.189. The van der Waals surface area contributed by atoms with Crippen molar-refractivity contribution in [1.29, 1.82) is 0 Å². The summed E-state index contributed by atoms with van der Waals surface area (Å²) >= 11 is 0. The molecular weight excluding hydrogens is 458 g/mol. The zero-order chi connectivity index (χ0) is 24.7. The normalized spacial score (nSPS) is 12.0. The highest BCUT2D eigenvalue weighted by Gasteiger charge is 2.14. The summed E-state index contributed by atoms with van der Waals surface area (Å²) in [6.07, 6.45) is 4.78. The van der Waals surface area contributed by atoms with E-state index in [9.17, 15) is 9.59 Å². The molecule has 0 unspecified atom stereocenters. The van der Waals surface area contributed by atoms with Gasteiger partial charge in [0.2, 0.25) is 6.79 Å². The van der Waals surface area contributed by atoms with Gasteiger partial charge in [-0.25, -0.2) is 9.48 Å². The van der Waals surface area contributed by atoms with Crippen LogP contribution in [0.25, 0.3) is 23.0 Å². The Hall–Kier alpha value is -4.85. The summed E-state index contributed by atoms with van der Waals surface area (Å²) in [4.78, 5) is 24.4. The Kier molecular flexibility index (Phi) is 6.75. The monoisotopic (exact) mass is 481 g/mol. The van der Waals surface area contributed by atoms with E-state index in [1.165, 1.54) is 6.08 Å². The molecule has 1 aromatic heterocycles. The highest BCUT2D eigenvalue weighted by Crippen LogP contribution is 2.32. The van der Waals surface area contributed by atoms with Gasteiger partial charge in [-0.05, 0) is 35.9 Å². The van der Waals surface area contributed by atoms with Crippen LogP contribution in [0.2, 0.25) is 0 Å². The predicted octanol–water partition coefficient (Wildman–Crippen LogP) is 4.14. The van der Waals surface area contributed by atoms with E-state index >= 15 is 0 Å². The quantitative estimate of drug-likeness (QED) is 0.300. The first kappa shape index (κ1) is 22.9. The molecule has 1 aliphatic rings. The van der Waals surface area contributed by atoms with Crippen molar-refractivity contribution in [2.24, 2.45) is 0 Å². The predicted molar refractivity (Wildman–Crippen MR) is 133 cm³/mol. The number of nitrogens with zero attached hydrogens (tertiary/aromatic N) is 2. The lowest BCUT2D eigenvalue weighted by Crippen LogP contribution is -2.28. The largest absolute Gasteiger partial charge is 0.454 e. The van der Waals surface area contributed by atoms with Crippen molar-refractivity contribution in [2.75, 3.05) is 13.4 Å². The standard InChI is InChI=1S/C28H23N3O5/c32-26(29-16-20-11-13-24-25(15-20)36-19-35-24)18-34-27(33)14-12-22-17-31(23-9-5-2-6-10-23)30-28(22)21-7-3-1-4-8-21/h1-15,17H,16,18-19H2,(H,29,32)/b14-12+. The second kappa shape index (κ2) is 10.6. The highest BCUT2D eigenvalue weighted by molar-refractivity contribution is 5.90. The third kappa shape index (κ3) is 5.44. The molecule has 8 nitrogen and oxygen atoms in total. The van der Waals surface area contributed by atoms with Gasteiger partial charge >= 0.3 is 5.97 Å². The number of para-hydroxylation sites is 1. The van der Waals surface area contributed by atoms with Crippen molar-refractivity contribution in [3.8, 4) is 28.4 Å². The molecule has 1 N–H and O–H groups in total. The number of hydrogen-bond donors (Lipinski definition) is 1. The number of fused-ring (bicyclic) bond motifs is 1. The molecule has 0 spiro atoms. The molecule has 4 aromatic rings. The van der Waals surface area contributed by atoms with Gasteiger partial charge in [0, 0.05) is 29.9 Å². The Balaban J connectivity index is 1.20. The van der Waals surface area contributed by atoms with Crippen LogP contribution in [-0.4, -0.2) is 35.1 Å². The van der Waals surface area contributed by atoms with Gasteiger partial charge in [-0.15, -0.1) is 0 Å². The van der Waals surface area contributed by atoms with E-state index in [0.717, 1.165) is 28.1 Å². The average molecular weight is 482 g/mol. The number of ether oxygens (including phenoxy) is 3. The smallest absolute Gasteiger partial charge is 0.331 e. The Morgan fingerprint density at radius 3 is 2.53 bits per heavy atom. The first-order chi connectivity index (χ1) is 17.7. The first-order valence-electron chi connectivity index (χ1n) is 11.4. The van der Waals surface area contributed by atoms with Gasteiger partial charge in [0.15, 0.2) is 18.1 Å². The van der Waals surface area contributed by atoms with Crippen LogP contribution in [0.1, 0.15) is 11.1 Å². The third-order valence-corrected chi connectivity index (χ3v) is 5.48. The Morgan fingerprint density at radius 1 is 0.972 bits per heavy atom. The second-order valence-corrected chi connectivity index (χ2v) is 7.98. The zero-order valence-corrected chi connectivity index (χ0v) is 19.3. The first-order valence-corrected chi connectivity index (χ1v) is 11.4. The maximum Gasteiger partial charge on any atom is 0.331 e. The van der Waals surface area contributed by atoms with E-state index in [1.807, 2.05) is 72.9 Å². The van der Waals surface area contributed by atoms with Gasteiger partial charge < -0.3 is 19.5 Å². The molecule has 1 aliphatic heterocycles. The Labute approximate surface area is 207 Å². The number of aromatic nitrogens is 2. The van der Waals surface area contributed by atoms with Crippen molar-refractivity contribution in [3.63, 3.8) is 0 Å². The molecule has 180 valence electrons. The van der Waals surface area contributed by atoms with Crippen molar-refractivity contribution in [1.82, 2.24) is 15.1 Å². The topological polar surface area (TPSA) is 91.7 Å². The Morgan fingerprint density at radius 2 is 1.72 bits per heavy atom. The molecule has 0 saturated carbocycles. The van der Waals surface area contributed by atoms with Crippen molar-refractivity contribution in [3.05, 3.63) is 102 Å². The van der Waals surface area contributed by atoms with Gasteiger partial charge in [-0.1, -0.05) is 54.6 Å². The van der Waals surface area contributed by atoms with Gasteiger partial charge in [-0.2, -0.15) is 5.10 Å². The molecule has 0 atom stereocenters. The van der Waals surface area contributed by atoms with Gasteiger partial charge in [0.25, 0.3) is 5.91 Å². The van der Waals surface area contributed by atoms with E-state index in [0.29, 0.717) is 11.5 Å². The number of esters is 1. The number of carbonyl (C=O) groups excluding carboxylic acids is 2. The van der Waals surface area contributed by atoms with Crippen LogP contribution in [0.4, 0.5) is 0 Å². The van der Waals surface area contributed by atoms with Crippen LogP contribution >= 0.6 is 0 Å². The molecule has 0 radical (unpaired) electrons. The number of nitrogens with one attached hydrogen (secondary N) is 1. The molecule has 0 bridgehead atoms. The minimum Gasteiger partial charge on any atom is -0.454 e. The number of rotatable bonds is 8. The van der Waals surface area contributed by atoms with Gasteiger partial charge in [0.1, 0.15) is 0 Å². The molecule has 36 heavy (non-hydrogen) atoms. The van der Waals surface area contributed by atoms with Crippen LogP contribution in [0.3, 0.4) is 0 Å². The summed E-state index contributed by atoms with van der Waals surface area (Å²) in [5, 5.41) is 7.43. The van der Waals surface area contributed by atoms with Crippen molar-refractivity contribution >= 4 is 18.0 Å². The molecular formula is C28H23N3O5. The highest BCUT2D eigenvalue weighted by atomic mass is 16.7. The van der Waals surface area contributed by atoms with E-state index < -0.39 is 11.9 Å². The molecule has 0 aliphatic carbocycles. The maximum absolute atomic E-state index is 12.3. The van der Waals surface area contributed by atoms with Crippen molar-refractivity contribution in [2.45, 2.75) is 6.54 Å². The summed E-state index contributed by atoms with van der Waals surface area (Å²) in [6, 6.07) is 24.8. The van der Waals surface area contributed by atoms with Crippen LogP contribution in [0, 0.1) is 0 Å². The molecule has 5 rings (SSSR count). The average Bonchev–Trinajstić information content (AvgIpc) is 3.57. The van der Waals surface area contributed by atoms with Gasteiger partial charge in [-0.3, -0.25) is 4.79 Å². The van der Waals surface area contributed by atoms with Crippen LogP contribution < -0.4 is 14.8 Å². The number of benzene rings is 3. The summed E-state index contributed by atoms with van der Waals surface area (Å²) in [5.74, 6) is 0.287. The van der Waals surface area contributed by atoms with Gasteiger partial charge in [0.05, 0.1) is 11.4 Å². The molecule has 8 heteroatoms. The van der Waals surface area contributed by atoms with E-state index in [2.05, 4.69) is 5.32 Å². The lowest BCUT2D eigenvalue weighted by molar-refractivity contribution is -0.143. The molecule has 0 saturated heterocycles. The second-order valence-electron chi connectivity index (χ2n) is 7.98. The zero-order valence-electron chi connectivity index (χ0n) is 19.3. The summed E-state index contributed by atoms with van der Waals surface area (Å²) in [6.45, 7) is 0.0824. The Bertz CT molecular complexity index is 1400. The van der Waals surface area contributed by atoms with Crippen LogP contribution in [0.5, 0.6) is 11.5 Å². The molecule has 3 aromatic carbocycles. The SMILES string of the molecule is O=C(COC(=O)/C=C/c1cn(-c2ccccc2)nc1-c1ccccc1)NCc1ccc2c(c1)OCO2. The summed E-state index contributed by atoms with van der Waals surface area (Å²) < 4.78 is 17.5. The fourth-order valence-electron chi connectivity index (χ4n) is 3.69. The number of carbonyl (C=O) groups is 2. The number of hydrogen-bond acceptors (Lipinski definition) is 6. The number of amides is 1. The minimum atomic E-state index is -0.625. The summed E-state index contributed by atoms with van der Waals surface area (Å²) in [5.41, 5.74) is 4.14. The summed E-state index contributed by atoms with van der Waals surface area (Å²) in [7, 11) is 0. The van der Waals surface area contributed by atoms with Crippen molar-refractivity contribution < 1.29 is 23.8 Å². The molecule has 0 fully saturated rings. The lowest BCUT2D eigenvalue weighted by Gasteiger charge is -2.06. The third-order valence-electron chi connectivity index (χ3n) is 5.48. The van der Waals surface area contributed by atoms with Crippen LogP contribution in [-0.2, 0) is 20.9 Å². The fourth-order valence-corrected chi connectivity index (χ4v) is 3.69. The van der Waals surface area contributed by atoms with E-state index in [4.69, 9.17) is 19.3 Å². The van der Waals surface area contributed by atoms with E-state index in [-0.39, 0.29) is 19.9 Å². The lowest BCUT2D eigenvalue weighted by atomic mass is 10.1. The fraction of sp³-hybridized carbons (Fsp3) is 0.107. The van der Waals surface area contributed by atoms with E-state index in [1.54, 1.807) is 22.9 Å². The molecule has 2 heterocycles. The van der Waals surface area contributed by atoms with Crippen LogP contribution in [0.15, 0.2) is 91.1 Å². The maximum atomic E-state index is 12.3. The molecule has 1 amide bonds.